The Kier molecular flexibility index (Phi) is 30.9. The van der Waals surface area contributed by atoms with E-state index in [1.807, 2.05) is 128 Å². The van der Waals surface area contributed by atoms with Gasteiger partial charge in [0.1, 0.15) is 0 Å². The number of carbonyl (C=O) groups excluding carboxylic acids is 4. The van der Waals surface area contributed by atoms with E-state index in [2.05, 4.69) is 226 Å². The molecule has 16 nitrogen and oxygen atoms in total. The molecule has 18 heteroatoms. The van der Waals surface area contributed by atoms with Gasteiger partial charge in [-0.2, -0.15) is 22.8 Å². The maximum absolute atomic E-state index is 13.2. The Morgan fingerprint density at radius 1 is 0.280 bits per heavy atom. The molecule has 0 bridgehead atoms. The third-order valence-electron chi connectivity index (χ3n) is 27.4. The molecule has 0 unspecified atom stereocenters. The molecule has 4 aliphatic heterocycles. The minimum atomic E-state index is -0.100. The molecule has 664 valence electrons. The zero-order chi connectivity index (χ0) is 92.2. The van der Waals surface area contributed by atoms with Crippen LogP contribution in [0.3, 0.4) is 0 Å². The number of allylic oxidation sites excluding steroid dienone is 8. The maximum atomic E-state index is 13.2. The van der Waals surface area contributed by atoms with Gasteiger partial charge >= 0.3 is 39.0 Å². The number of hydrogen-bond acceptors (Lipinski definition) is 8. The largest absolute Gasteiger partial charge is 2.00 e. The van der Waals surface area contributed by atoms with Gasteiger partial charge in [0.25, 0.3) is 0 Å². The van der Waals surface area contributed by atoms with E-state index in [9.17, 15) is 19.2 Å². The first-order valence-electron chi connectivity index (χ1n) is 45.9. The summed E-state index contributed by atoms with van der Waals surface area (Å²) < 4.78 is 0. The normalized spacial score (nSPS) is 16.0. The summed E-state index contributed by atoms with van der Waals surface area (Å²) in [6.07, 6.45) is 13.9. The van der Waals surface area contributed by atoms with E-state index in [0.29, 0.717) is 51.4 Å². The Morgan fingerprint density at radius 3 is 0.758 bits per heavy atom. The molecule has 0 fully saturated rings. The second-order valence-electron chi connectivity index (χ2n) is 35.8. The van der Waals surface area contributed by atoms with Gasteiger partial charge in [0.05, 0.1) is 47.0 Å². The van der Waals surface area contributed by atoms with Crippen molar-refractivity contribution < 1.29 is 58.1 Å². The topological polar surface area (TPSA) is 222 Å². The number of aliphatic imine (C=N–C) groups is 4. The molecule has 0 saturated carbocycles. The second-order valence-corrected chi connectivity index (χ2v) is 35.8. The van der Waals surface area contributed by atoms with E-state index in [0.717, 1.165) is 215 Å². The summed E-state index contributed by atoms with van der Waals surface area (Å²) in [6.45, 7) is 41.6. The van der Waals surface area contributed by atoms with Gasteiger partial charge in [-0.15, -0.1) is 22.8 Å². The van der Waals surface area contributed by atoms with E-state index in [4.69, 9.17) is 39.9 Å². The summed E-state index contributed by atoms with van der Waals surface area (Å²) in [4.78, 5) is 92.9. The fourth-order valence-electron chi connectivity index (χ4n) is 19.6. The maximum Gasteiger partial charge on any atom is 2.00 e. The van der Waals surface area contributed by atoms with E-state index in [1.54, 1.807) is 0 Å². The molecule has 0 saturated heterocycles. The van der Waals surface area contributed by atoms with Gasteiger partial charge in [0.15, 0.2) is 0 Å². The van der Waals surface area contributed by atoms with Gasteiger partial charge in [-0.1, -0.05) is 266 Å². The average Bonchev–Trinajstić information content (AvgIpc) is 1.63. The molecule has 132 heavy (non-hydrogen) atoms. The van der Waals surface area contributed by atoms with Crippen molar-refractivity contribution in [3.05, 3.63) is 350 Å². The molecule has 4 N–H and O–H groups in total. The van der Waals surface area contributed by atoms with Crippen LogP contribution in [-0.2, 0) is 83.8 Å². The van der Waals surface area contributed by atoms with Crippen LogP contribution in [0.25, 0.3) is 67.4 Å². The average molecular weight is 1850 g/mol. The Labute approximate surface area is 803 Å². The molecule has 4 aliphatic rings. The van der Waals surface area contributed by atoms with Crippen LogP contribution in [-0.4, -0.2) is 46.5 Å². The summed E-state index contributed by atoms with van der Waals surface area (Å²) in [5, 5.41) is 22.2. The Balaban J connectivity index is 0.000000221. The van der Waals surface area contributed by atoms with Crippen molar-refractivity contribution in [2.75, 3.05) is 0 Å². The molecule has 4 aromatic heterocycles. The van der Waals surface area contributed by atoms with Crippen molar-refractivity contribution in [3.8, 4) is 0 Å². The Bertz CT molecular complexity index is 6540. The van der Waals surface area contributed by atoms with Gasteiger partial charge in [-0.3, -0.25) is 39.1 Å². The number of aryl methyl sites for hydroxylation is 4. The zero-order valence-electron chi connectivity index (χ0n) is 80.5. The quantitative estimate of drug-likeness (QED) is 0.0345. The number of hydrogen-bond donors (Lipinski definition) is 4. The van der Waals surface area contributed by atoms with E-state index in [1.165, 1.54) is 43.8 Å². The summed E-state index contributed by atoms with van der Waals surface area (Å²) in [5.74, 6) is 0.108. The number of amides is 4. The summed E-state index contributed by atoms with van der Waals surface area (Å²) >= 11 is 0. The van der Waals surface area contributed by atoms with E-state index in [-0.39, 0.29) is 86.8 Å². The van der Waals surface area contributed by atoms with Gasteiger partial charge in [0, 0.05) is 48.5 Å². The van der Waals surface area contributed by atoms with Crippen LogP contribution in [0.15, 0.2) is 257 Å². The third kappa shape index (κ3) is 21.1. The van der Waals surface area contributed by atoms with Crippen molar-refractivity contribution in [2.24, 2.45) is 20.0 Å². The number of carbonyl (C=O) groups is 4. The minimum absolute atomic E-state index is 0. The standard InChI is InChI=1S/2C57H62N6O2.2Zn/c2*1-32-44(25-27-56(64)62-38(7)46-23-15-19-42-17-11-13-21-48(42)46)36(5)58-52(32)30-54-34(3)50(40(9)60-54)29-51-35(4)55(61-41(51)10)31-53-33(2)45(37(6)59-53)26-28-57(65)63-39(8)47-24-16-20-43-18-12-14-22-49(43)47;;/h2*11-24,30-31,38-39H,25-29H2,1-10H3,(H4,58,59,60,61,62,63,64,65);;/q;;2*+2/p-4/t2*38-,39-;;/m00../s1. The smallest absolute Gasteiger partial charge is 0.661 e. The van der Waals surface area contributed by atoms with Crippen LogP contribution in [0.5, 0.6) is 0 Å². The zero-order valence-corrected chi connectivity index (χ0v) is 86.4. The van der Waals surface area contributed by atoms with Crippen molar-refractivity contribution in [1.82, 2.24) is 41.2 Å². The number of benzene rings is 8. The van der Waals surface area contributed by atoms with Gasteiger partial charge in [-0.25, -0.2) is 0 Å². The Hall–Kier alpha value is -12.4. The van der Waals surface area contributed by atoms with Crippen LogP contribution in [0.2, 0.25) is 0 Å². The van der Waals surface area contributed by atoms with Crippen LogP contribution in [0.1, 0.15) is 258 Å². The predicted octanol–water partition coefficient (Wildman–Crippen LogP) is 24.2. The van der Waals surface area contributed by atoms with Gasteiger partial charge in [0.2, 0.25) is 23.6 Å². The molecule has 0 radical (unpaired) electrons. The van der Waals surface area contributed by atoms with Gasteiger partial charge in [-0.05, 0) is 259 Å². The molecular formula is C114H120N12O4Zn2. The molecular weight excluding hydrogens is 1730 g/mol. The fourth-order valence-corrected chi connectivity index (χ4v) is 19.6. The second kappa shape index (κ2) is 42.0. The summed E-state index contributed by atoms with van der Waals surface area (Å²) in [5.41, 5.74) is 37.8. The summed E-state index contributed by atoms with van der Waals surface area (Å²) in [7, 11) is 0. The number of fused-ring (bicyclic) bond motifs is 4. The predicted molar refractivity (Wildman–Crippen MR) is 537 cm³/mol. The van der Waals surface area contributed by atoms with Crippen LogP contribution in [0.4, 0.5) is 0 Å². The number of nitrogens with zero attached hydrogens (tertiary/aromatic N) is 8. The molecule has 0 aliphatic carbocycles. The first-order valence-corrected chi connectivity index (χ1v) is 45.9. The van der Waals surface area contributed by atoms with Crippen molar-refractivity contribution in [3.63, 3.8) is 0 Å². The number of rotatable bonds is 28. The van der Waals surface area contributed by atoms with Crippen molar-refractivity contribution in [1.29, 1.82) is 0 Å². The molecule has 8 aromatic carbocycles. The Morgan fingerprint density at radius 2 is 0.492 bits per heavy atom. The number of aromatic nitrogens is 4. The first-order chi connectivity index (χ1) is 62.4. The van der Waals surface area contributed by atoms with Crippen LogP contribution < -0.4 is 41.2 Å². The monoisotopic (exact) mass is 1850 g/mol. The van der Waals surface area contributed by atoms with Crippen molar-refractivity contribution in [2.45, 2.75) is 227 Å². The molecule has 4 amide bonds. The summed E-state index contributed by atoms with van der Waals surface area (Å²) in [6, 6.07) is 57.7. The first kappa shape index (κ1) is 97.2. The van der Waals surface area contributed by atoms with Crippen molar-refractivity contribution >= 4 is 114 Å². The molecule has 12 aromatic rings. The van der Waals surface area contributed by atoms with E-state index >= 15 is 0 Å². The van der Waals surface area contributed by atoms with Gasteiger partial charge < -0.3 is 41.2 Å². The minimum Gasteiger partial charge on any atom is -0.661 e. The fraction of sp³-hybridized carbons (Fsp3) is 0.298. The van der Waals surface area contributed by atoms with Crippen LogP contribution >= 0.6 is 0 Å². The molecule has 4 atom stereocenters. The third-order valence-corrected chi connectivity index (χ3v) is 27.4. The SMILES string of the molecule is CC1=N/C(=C\c2[n-]c(C)c(CC3=C(C)/C(=C/c4[n-]c(C)c(CCC(=O)N[C@@H](C)c5cccc6ccccc56)c4C)N=C3C)c2C)C(C)=C1CCC(=O)N[C@@H](C)c1cccc2ccccc12.CC1=N/C(=C\c2[n-]c(C)c(CC3=C(C)/C(=C/c4[n-]c(C)c(CCC(=O)N[C@@H](C)c5cccc6ccccc56)c4C)N=C3C)c2C)C(C)=C1CCC(=O)N[C@@H](C)c1cccc2ccccc12.[Zn+2].[Zn+2]. The molecule has 16 rings (SSSR count). The van der Waals surface area contributed by atoms with E-state index < -0.39 is 0 Å². The van der Waals surface area contributed by atoms with Crippen LogP contribution in [0, 0.1) is 55.4 Å². The number of nitrogens with one attached hydrogen (secondary N) is 4. The molecule has 0 spiro atoms. The molecule has 8 heterocycles.